The number of carbonyl (C=O) groups is 1. The molecule has 1 saturated heterocycles. The first kappa shape index (κ1) is 17.3. The molecule has 0 spiro atoms. The summed E-state index contributed by atoms with van der Waals surface area (Å²) in [5, 5.41) is 1.05. The van der Waals surface area contributed by atoms with E-state index in [9.17, 15) is 18.0 Å². The number of thioether (sulfide) groups is 1. The Bertz CT molecular complexity index is 760. The number of halogens is 3. The summed E-state index contributed by atoms with van der Waals surface area (Å²) in [6.45, 7) is -0.197. The van der Waals surface area contributed by atoms with Crippen LogP contribution in [0.1, 0.15) is 5.56 Å². The Morgan fingerprint density at radius 2 is 2.04 bits per heavy atom. The molecule has 2 amide bonds. The van der Waals surface area contributed by atoms with Crippen molar-refractivity contribution in [3.05, 3.63) is 48.2 Å². The van der Waals surface area contributed by atoms with E-state index in [1.165, 1.54) is 24.4 Å². The van der Waals surface area contributed by atoms with E-state index in [0.29, 0.717) is 0 Å². The highest BCUT2D eigenvalue weighted by atomic mass is 32.2. The fraction of sp³-hybridized carbons (Fsp3) is 0.143. The second-order valence-electron chi connectivity index (χ2n) is 4.76. The lowest BCUT2D eigenvalue weighted by Gasteiger charge is -2.20. The number of hydrogen-bond acceptors (Lipinski definition) is 6. The minimum absolute atomic E-state index is 0.0672. The highest BCUT2D eigenvalue weighted by Gasteiger charge is 2.32. The maximum atomic E-state index is 12.9. The maximum Gasteiger partial charge on any atom is 0.446 e. The summed E-state index contributed by atoms with van der Waals surface area (Å²) in [6.07, 6.45) is 1.51. The number of urea groups is 1. The number of hydrogen-bond donors (Lipinski definition) is 3. The Kier molecular flexibility index (Phi) is 4.97. The molecule has 2 heterocycles. The van der Waals surface area contributed by atoms with Crippen molar-refractivity contribution in [2.24, 2.45) is 0 Å². The zero-order chi connectivity index (χ0) is 17.9. The summed E-state index contributed by atoms with van der Waals surface area (Å²) in [5.41, 5.74) is 3.13. The molecule has 11 heteroatoms. The number of anilines is 1. The molecule has 1 aromatic carbocycles. The molecule has 132 valence electrons. The Morgan fingerprint density at radius 3 is 2.68 bits per heavy atom. The highest BCUT2D eigenvalue weighted by molar-refractivity contribution is 8.00. The zero-order valence-corrected chi connectivity index (χ0v) is 13.3. The number of pyridine rings is 1. The number of amides is 2. The molecular formula is C14H12F3N5O2S. The molecule has 3 N–H and O–H groups in total. The summed E-state index contributed by atoms with van der Waals surface area (Å²) in [5.74, 6) is 0.261. The van der Waals surface area contributed by atoms with Crippen molar-refractivity contribution in [1.82, 2.24) is 21.5 Å². The average molecular weight is 371 g/mol. The molecule has 0 atom stereocenters. The van der Waals surface area contributed by atoms with Gasteiger partial charge in [0.1, 0.15) is 6.61 Å². The molecule has 0 aliphatic carbocycles. The van der Waals surface area contributed by atoms with Gasteiger partial charge in [-0.25, -0.2) is 14.8 Å². The number of nitrogens with one attached hydrogen (secondary N) is 3. The SMILES string of the molecule is O=C1NNNN1c1cccc(SC(F)(F)F)c1COc1ccccn1. The number of rotatable bonds is 5. The number of carbonyl (C=O) groups excluding carboxylic acids is 1. The molecule has 1 aliphatic heterocycles. The van der Waals surface area contributed by atoms with Gasteiger partial charge in [0.05, 0.1) is 5.69 Å². The third-order valence-corrected chi connectivity index (χ3v) is 3.95. The van der Waals surface area contributed by atoms with Crippen LogP contribution in [-0.4, -0.2) is 16.5 Å². The lowest BCUT2D eigenvalue weighted by Crippen LogP contribution is -2.38. The molecule has 0 unspecified atom stereocenters. The van der Waals surface area contributed by atoms with Crippen molar-refractivity contribution in [2.45, 2.75) is 17.0 Å². The van der Waals surface area contributed by atoms with Crippen LogP contribution in [0, 0.1) is 0 Å². The number of aromatic nitrogens is 1. The number of hydrazine groups is 3. The zero-order valence-electron chi connectivity index (χ0n) is 12.5. The Balaban J connectivity index is 1.93. The Morgan fingerprint density at radius 1 is 1.20 bits per heavy atom. The van der Waals surface area contributed by atoms with E-state index in [1.54, 1.807) is 18.2 Å². The van der Waals surface area contributed by atoms with Gasteiger partial charge < -0.3 is 4.74 Å². The van der Waals surface area contributed by atoms with Gasteiger partial charge in [0, 0.05) is 22.7 Å². The average Bonchev–Trinajstić information content (AvgIpc) is 2.99. The van der Waals surface area contributed by atoms with Crippen LogP contribution in [0.4, 0.5) is 23.7 Å². The molecule has 1 aliphatic rings. The normalized spacial score (nSPS) is 14.5. The Labute approximate surface area is 144 Å². The van der Waals surface area contributed by atoms with E-state index in [1.807, 2.05) is 0 Å². The topological polar surface area (TPSA) is 78.5 Å². The van der Waals surface area contributed by atoms with Crippen molar-refractivity contribution >= 4 is 23.5 Å². The summed E-state index contributed by atoms with van der Waals surface area (Å²) >= 11 is -0.270. The molecule has 1 aromatic heterocycles. The summed E-state index contributed by atoms with van der Waals surface area (Å²) < 4.78 is 44.1. The predicted molar refractivity (Wildman–Crippen MR) is 84.2 cm³/mol. The first-order valence-corrected chi connectivity index (χ1v) is 7.78. The van der Waals surface area contributed by atoms with Crippen LogP contribution < -0.4 is 26.2 Å². The second kappa shape index (κ2) is 7.17. The van der Waals surface area contributed by atoms with Crippen LogP contribution in [0.2, 0.25) is 0 Å². The van der Waals surface area contributed by atoms with Gasteiger partial charge in [0.2, 0.25) is 5.88 Å². The summed E-state index contributed by atoms with van der Waals surface area (Å²) in [4.78, 5) is 15.7. The third kappa shape index (κ3) is 4.32. The molecule has 2 aromatic rings. The standard InChI is InChI=1S/C14H12F3N5O2S/c15-14(16,17)25-11-5-3-4-10(22-13(23)19-20-21-22)9(11)8-24-12-6-1-2-7-18-12/h1-7,20-21H,8H2,(H,19,23). The second-order valence-corrected chi connectivity index (χ2v) is 5.87. The molecule has 25 heavy (non-hydrogen) atoms. The van der Waals surface area contributed by atoms with Crippen LogP contribution in [0.25, 0.3) is 0 Å². The number of ether oxygens (including phenoxy) is 1. The van der Waals surface area contributed by atoms with Crippen molar-refractivity contribution < 1.29 is 22.7 Å². The first-order chi connectivity index (χ1) is 11.9. The molecular weight excluding hydrogens is 359 g/mol. The molecule has 3 rings (SSSR count). The van der Waals surface area contributed by atoms with Crippen LogP contribution >= 0.6 is 11.8 Å². The van der Waals surface area contributed by atoms with E-state index in [4.69, 9.17) is 4.74 Å². The highest BCUT2D eigenvalue weighted by Crippen LogP contribution is 2.41. The molecule has 0 radical (unpaired) electrons. The molecule has 1 fully saturated rings. The van der Waals surface area contributed by atoms with Gasteiger partial charge in [-0.15, -0.1) is 11.1 Å². The lowest BCUT2D eigenvalue weighted by atomic mass is 10.2. The van der Waals surface area contributed by atoms with Gasteiger partial charge in [-0.2, -0.15) is 13.2 Å². The molecule has 0 saturated carbocycles. The summed E-state index contributed by atoms with van der Waals surface area (Å²) in [7, 11) is 0. The van der Waals surface area contributed by atoms with Crippen molar-refractivity contribution in [3.8, 4) is 5.88 Å². The monoisotopic (exact) mass is 371 g/mol. The maximum absolute atomic E-state index is 12.9. The van der Waals surface area contributed by atoms with Gasteiger partial charge in [-0.3, -0.25) is 5.43 Å². The minimum atomic E-state index is -4.47. The molecule has 7 nitrogen and oxygen atoms in total. The smallest absolute Gasteiger partial charge is 0.446 e. The van der Waals surface area contributed by atoms with Gasteiger partial charge in [0.15, 0.2) is 0 Å². The quantitative estimate of drug-likeness (QED) is 0.702. The van der Waals surface area contributed by atoms with E-state index in [-0.39, 0.29) is 40.4 Å². The summed E-state index contributed by atoms with van der Waals surface area (Å²) in [6, 6.07) is 8.67. The lowest BCUT2D eigenvalue weighted by molar-refractivity contribution is -0.0328. The number of alkyl halides is 3. The van der Waals surface area contributed by atoms with Crippen molar-refractivity contribution in [2.75, 3.05) is 5.01 Å². The van der Waals surface area contributed by atoms with Crippen LogP contribution in [0.3, 0.4) is 0 Å². The Hall–Kier alpha value is -2.50. The van der Waals surface area contributed by atoms with Crippen LogP contribution in [-0.2, 0) is 6.61 Å². The fourth-order valence-corrected chi connectivity index (χ4v) is 2.80. The largest absolute Gasteiger partial charge is 0.473 e. The van der Waals surface area contributed by atoms with Crippen molar-refractivity contribution in [3.63, 3.8) is 0 Å². The van der Waals surface area contributed by atoms with E-state index >= 15 is 0 Å². The van der Waals surface area contributed by atoms with Gasteiger partial charge in [0.25, 0.3) is 0 Å². The van der Waals surface area contributed by atoms with Crippen molar-refractivity contribution in [1.29, 1.82) is 0 Å². The van der Waals surface area contributed by atoms with E-state index in [0.717, 1.165) is 5.01 Å². The van der Waals surface area contributed by atoms with E-state index < -0.39 is 11.5 Å². The number of nitrogens with zero attached hydrogens (tertiary/aromatic N) is 2. The van der Waals surface area contributed by atoms with Gasteiger partial charge in [-0.1, -0.05) is 12.1 Å². The third-order valence-electron chi connectivity index (χ3n) is 3.12. The van der Waals surface area contributed by atoms with Crippen LogP contribution in [0.5, 0.6) is 5.88 Å². The number of benzene rings is 1. The van der Waals surface area contributed by atoms with Gasteiger partial charge in [-0.05, 0) is 30.0 Å². The predicted octanol–water partition coefficient (Wildman–Crippen LogP) is 2.73. The van der Waals surface area contributed by atoms with Gasteiger partial charge >= 0.3 is 11.5 Å². The first-order valence-electron chi connectivity index (χ1n) is 6.96. The molecule has 0 bridgehead atoms. The fourth-order valence-electron chi connectivity index (χ4n) is 2.12. The van der Waals surface area contributed by atoms with Crippen LogP contribution in [0.15, 0.2) is 47.5 Å². The van der Waals surface area contributed by atoms with E-state index in [2.05, 4.69) is 21.5 Å². The minimum Gasteiger partial charge on any atom is -0.473 e.